The fourth-order valence-corrected chi connectivity index (χ4v) is 4.09. The first-order valence-corrected chi connectivity index (χ1v) is 12.2. The zero-order valence-electron chi connectivity index (χ0n) is 19.6. The molecule has 33 heavy (non-hydrogen) atoms. The van der Waals surface area contributed by atoms with Crippen molar-refractivity contribution in [2.75, 3.05) is 32.9 Å². The number of hydrogen-bond acceptors (Lipinski definition) is 6. The lowest BCUT2D eigenvalue weighted by atomic mass is 10.1. The summed E-state index contributed by atoms with van der Waals surface area (Å²) < 4.78 is 16.5. The van der Waals surface area contributed by atoms with Crippen molar-refractivity contribution in [3.63, 3.8) is 0 Å². The zero-order valence-corrected chi connectivity index (χ0v) is 19.6. The zero-order chi connectivity index (χ0) is 23.5. The number of ether oxygens (including phenoxy) is 3. The van der Waals surface area contributed by atoms with Gasteiger partial charge in [-0.2, -0.15) is 0 Å². The van der Waals surface area contributed by atoms with Crippen LogP contribution >= 0.6 is 0 Å². The molecule has 1 aromatic rings. The smallest absolute Gasteiger partial charge is 0.308 e. The van der Waals surface area contributed by atoms with Gasteiger partial charge in [0, 0.05) is 25.3 Å². The van der Waals surface area contributed by atoms with E-state index in [0.29, 0.717) is 37.6 Å². The SMILES string of the molecule is CCCCCCCOc1ccc(C(=O)N2CCNC(=O)C2CC(=O)OCC2CCCO2)cc1. The summed E-state index contributed by atoms with van der Waals surface area (Å²) in [6, 6.07) is 6.06. The summed E-state index contributed by atoms with van der Waals surface area (Å²) in [7, 11) is 0. The van der Waals surface area contributed by atoms with Crippen LogP contribution in [-0.4, -0.2) is 67.7 Å². The summed E-state index contributed by atoms with van der Waals surface area (Å²) in [5.41, 5.74) is 0.456. The average molecular weight is 461 g/mol. The third kappa shape index (κ3) is 7.74. The molecule has 0 spiro atoms. The standard InChI is InChI=1S/C25H36N2O6/c1-2-3-4-5-6-15-31-20-11-9-19(10-12-20)25(30)27-14-13-26-24(29)22(27)17-23(28)33-18-21-8-7-16-32-21/h9-12,21-22H,2-8,13-18H2,1H3,(H,26,29). The lowest BCUT2D eigenvalue weighted by Gasteiger charge is -2.34. The van der Waals surface area contributed by atoms with Gasteiger partial charge in [0.1, 0.15) is 18.4 Å². The van der Waals surface area contributed by atoms with E-state index < -0.39 is 12.0 Å². The van der Waals surface area contributed by atoms with Gasteiger partial charge in [-0.05, 0) is 43.5 Å². The van der Waals surface area contributed by atoms with Gasteiger partial charge in [0.15, 0.2) is 0 Å². The normalized spacial score (nSPS) is 20.4. The number of hydrogen-bond donors (Lipinski definition) is 1. The van der Waals surface area contributed by atoms with Gasteiger partial charge in [0.05, 0.1) is 19.1 Å². The minimum Gasteiger partial charge on any atom is -0.494 e. The third-order valence-corrected chi connectivity index (χ3v) is 6.02. The molecular formula is C25H36N2O6. The highest BCUT2D eigenvalue weighted by Gasteiger charge is 2.35. The largest absolute Gasteiger partial charge is 0.494 e. The molecule has 2 heterocycles. The summed E-state index contributed by atoms with van der Waals surface area (Å²) in [5.74, 6) is -0.416. The van der Waals surface area contributed by atoms with E-state index in [2.05, 4.69) is 12.2 Å². The summed E-state index contributed by atoms with van der Waals surface area (Å²) in [6.07, 6.45) is 7.41. The number of unbranched alkanes of at least 4 members (excludes halogenated alkanes) is 4. The molecule has 2 aliphatic heterocycles. The minimum atomic E-state index is -0.887. The molecule has 0 radical (unpaired) electrons. The fourth-order valence-electron chi connectivity index (χ4n) is 4.09. The van der Waals surface area contributed by atoms with Crippen LogP contribution in [0.1, 0.15) is 68.6 Å². The number of rotatable bonds is 12. The van der Waals surface area contributed by atoms with Gasteiger partial charge in [-0.15, -0.1) is 0 Å². The summed E-state index contributed by atoms with van der Waals surface area (Å²) in [6.45, 7) is 4.39. The van der Waals surface area contributed by atoms with Gasteiger partial charge in [-0.25, -0.2) is 0 Å². The molecule has 2 unspecified atom stereocenters. The summed E-state index contributed by atoms with van der Waals surface area (Å²) >= 11 is 0. The van der Waals surface area contributed by atoms with Crippen LogP contribution in [0.25, 0.3) is 0 Å². The number of benzene rings is 1. The number of amides is 2. The Kier molecular flexibility index (Phi) is 10.00. The highest BCUT2D eigenvalue weighted by molar-refractivity contribution is 5.99. The van der Waals surface area contributed by atoms with Crippen molar-refractivity contribution < 1.29 is 28.6 Å². The van der Waals surface area contributed by atoms with Crippen LogP contribution in [0.4, 0.5) is 0 Å². The number of nitrogens with zero attached hydrogens (tertiary/aromatic N) is 1. The van der Waals surface area contributed by atoms with Crippen LogP contribution in [0.3, 0.4) is 0 Å². The van der Waals surface area contributed by atoms with Crippen LogP contribution in [0.15, 0.2) is 24.3 Å². The Hall–Kier alpha value is -2.61. The van der Waals surface area contributed by atoms with E-state index in [0.717, 1.165) is 25.7 Å². The lowest BCUT2D eigenvalue weighted by molar-refractivity contribution is -0.150. The van der Waals surface area contributed by atoms with Gasteiger partial charge >= 0.3 is 5.97 Å². The van der Waals surface area contributed by atoms with Crippen LogP contribution < -0.4 is 10.1 Å². The van der Waals surface area contributed by atoms with E-state index in [-0.39, 0.29) is 30.9 Å². The molecular weight excluding hydrogens is 424 g/mol. The minimum absolute atomic E-state index is 0.0797. The highest BCUT2D eigenvalue weighted by atomic mass is 16.6. The van der Waals surface area contributed by atoms with Crippen molar-refractivity contribution in [2.45, 2.75) is 70.4 Å². The topological polar surface area (TPSA) is 94.2 Å². The monoisotopic (exact) mass is 460 g/mol. The maximum Gasteiger partial charge on any atom is 0.308 e. The van der Waals surface area contributed by atoms with E-state index in [1.54, 1.807) is 24.3 Å². The number of carbonyl (C=O) groups excluding carboxylic acids is 3. The molecule has 2 saturated heterocycles. The Balaban J connectivity index is 1.51. The number of carbonyl (C=O) groups is 3. The molecule has 3 rings (SSSR count). The highest BCUT2D eigenvalue weighted by Crippen LogP contribution is 2.19. The van der Waals surface area contributed by atoms with E-state index in [1.165, 1.54) is 24.2 Å². The Morgan fingerprint density at radius 3 is 2.67 bits per heavy atom. The van der Waals surface area contributed by atoms with E-state index in [4.69, 9.17) is 14.2 Å². The second-order valence-corrected chi connectivity index (χ2v) is 8.61. The van der Waals surface area contributed by atoms with Gasteiger partial charge in [-0.1, -0.05) is 32.6 Å². The molecule has 1 N–H and O–H groups in total. The fraction of sp³-hybridized carbons (Fsp3) is 0.640. The first kappa shape index (κ1) is 25.0. The molecule has 0 saturated carbocycles. The van der Waals surface area contributed by atoms with Gasteiger partial charge in [0.25, 0.3) is 5.91 Å². The molecule has 2 fully saturated rings. The van der Waals surface area contributed by atoms with Crippen molar-refractivity contribution >= 4 is 17.8 Å². The predicted octanol–water partition coefficient (Wildman–Crippen LogP) is 3.09. The van der Waals surface area contributed by atoms with Crippen molar-refractivity contribution in [1.82, 2.24) is 10.2 Å². The molecule has 1 aromatic carbocycles. The number of piperazine rings is 1. The van der Waals surface area contributed by atoms with Crippen molar-refractivity contribution in [3.8, 4) is 5.75 Å². The molecule has 0 bridgehead atoms. The molecule has 8 heteroatoms. The predicted molar refractivity (Wildman–Crippen MR) is 123 cm³/mol. The van der Waals surface area contributed by atoms with E-state index in [1.807, 2.05) is 0 Å². The quantitative estimate of drug-likeness (QED) is 0.381. The molecule has 2 amide bonds. The lowest BCUT2D eigenvalue weighted by Crippen LogP contribution is -2.57. The van der Waals surface area contributed by atoms with Crippen molar-refractivity contribution in [1.29, 1.82) is 0 Å². The van der Waals surface area contributed by atoms with Gasteiger partial charge in [-0.3, -0.25) is 14.4 Å². The van der Waals surface area contributed by atoms with E-state index >= 15 is 0 Å². The van der Waals surface area contributed by atoms with Crippen molar-refractivity contribution in [2.24, 2.45) is 0 Å². The molecule has 182 valence electrons. The van der Waals surface area contributed by atoms with E-state index in [9.17, 15) is 14.4 Å². The second-order valence-electron chi connectivity index (χ2n) is 8.61. The maximum absolute atomic E-state index is 13.1. The van der Waals surface area contributed by atoms with Crippen molar-refractivity contribution in [3.05, 3.63) is 29.8 Å². The molecule has 2 aliphatic rings. The Morgan fingerprint density at radius 2 is 1.94 bits per heavy atom. The molecule has 8 nitrogen and oxygen atoms in total. The van der Waals surface area contributed by atoms with Crippen LogP contribution in [0.2, 0.25) is 0 Å². The Labute approximate surface area is 195 Å². The first-order chi connectivity index (χ1) is 16.1. The van der Waals surface area contributed by atoms with Gasteiger partial charge < -0.3 is 24.4 Å². The van der Waals surface area contributed by atoms with Crippen LogP contribution in [-0.2, 0) is 19.1 Å². The average Bonchev–Trinajstić information content (AvgIpc) is 3.35. The third-order valence-electron chi connectivity index (χ3n) is 6.02. The van der Waals surface area contributed by atoms with Crippen LogP contribution in [0.5, 0.6) is 5.75 Å². The number of esters is 1. The summed E-state index contributed by atoms with van der Waals surface area (Å²) in [5, 5.41) is 2.74. The first-order valence-electron chi connectivity index (χ1n) is 12.2. The Bertz CT molecular complexity index is 776. The summed E-state index contributed by atoms with van der Waals surface area (Å²) in [4.78, 5) is 39.3. The van der Waals surface area contributed by atoms with Crippen LogP contribution in [0, 0.1) is 0 Å². The maximum atomic E-state index is 13.1. The number of nitrogens with one attached hydrogen (secondary N) is 1. The molecule has 0 aliphatic carbocycles. The molecule has 2 atom stereocenters. The molecule has 0 aromatic heterocycles. The second kappa shape index (κ2) is 13.2. The van der Waals surface area contributed by atoms with Gasteiger partial charge in [0.2, 0.25) is 5.91 Å². The Morgan fingerprint density at radius 1 is 1.15 bits per heavy atom.